The fourth-order valence-electron chi connectivity index (χ4n) is 1.98. The number of hydrogen-bond acceptors (Lipinski definition) is 4. The fraction of sp³-hybridized carbons (Fsp3) is 0.455. The summed E-state index contributed by atoms with van der Waals surface area (Å²) in [5.74, 6) is -0.101. The van der Waals surface area contributed by atoms with E-state index in [9.17, 15) is 16.8 Å². The lowest BCUT2D eigenvalue weighted by Gasteiger charge is -2.22. The van der Waals surface area contributed by atoms with Gasteiger partial charge in [0.25, 0.3) is 0 Å². The molecule has 1 aromatic carbocycles. The molecular formula is C11H14INO4S2. The normalized spacial score (nSPS) is 20.1. The van der Waals surface area contributed by atoms with E-state index in [0.29, 0.717) is 5.69 Å². The van der Waals surface area contributed by atoms with Crippen molar-refractivity contribution in [3.8, 4) is 0 Å². The predicted molar refractivity (Wildman–Crippen MR) is 83.4 cm³/mol. The zero-order valence-electron chi connectivity index (χ0n) is 10.0. The molecule has 0 radical (unpaired) electrons. The summed E-state index contributed by atoms with van der Waals surface area (Å²) in [6.07, 6.45) is 0.336. The van der Waals surface area contributed by atoms with Crippen molar-refractivity contribution in [2.75, 3.05) is 16.2 Å². The SMILES string of the molecule is O=S1(=O)CCC(S(=O)(=O)Nc2cccc(I)c2)CC1. The second-order valence-corrected chi connectivity index (χ2v) is 10.0. The molecule has 8 heteroatoms. The van der Waals surface area contributed by atoms with Crippen LogP contribution in [0, 0.1) is 3.57 Å². The molecule has 106 valence electrons. The van der Waals surface area contributed by atoms with Crippen LogP contribution in [-0.2, 0) is 19.9 Å². The maximum Gasteiger partial charge on any atom is 0.235 e. The van der Waals surface area contributed by atoms with Crippen molar-refractivity contribution in [2.24, 2.45) is 0 Å². The molecule has 0 saturated carbocycles. The summed E-state index contributed by atoms with van der Waals surface area (Å²) in [6, 6.07) is 7.05. The summed E-state index contributed by atoms with van der Waals surface area (Å²) in [7, 11) is -6.57. The van der Waals surface area contributed by atoms with Crippen molar-refractivity contribution in [3.63, 3.8) is 0 Å². The van der Waals surface area contributed by atoms with Crippen LogP contribution in [0.5, 0.6) is 0 Å². The van der Waals surface area contributed by atoms with Crippen LogP contribution in [0.4, 0.5) is 5.69 Å². The molecule has 2 rings (SSSR count). The van der Waals surface area contributed by atoms with E-state index in [1.54, 1.807) is 18.2 Å². The number of rotatable bonds is 3. The standard InChI is InChI=1S/C11H14INO4S2/c12-9-2-1-3-10(8-9)13-19(16,17)11-4-6-18(14,15)7-5-11/h1-3,8,11,13H,4-7H2. The van der Waals surface area contributed by atoms with Crippen molar-refractivity contribution in [2.45, 2.75) is 18.1 Å². The van der Waals surface area contributed by atoms with Crippen LogP contribution in [-0.4, -0.2) is 33.6 Å². The second kappa shape index (κ2) is 5.57. The topological polar surface area (TPSA) is 80.3 Å². The minimum atomic E-state index is -3.52. The van der Waals surface area contributed by atoms with Crippen molar-refractivity contribution < 1.29 is 16.8 Å². The first kappa shape index (κ1) is 15.0. The van der Waals surface area contributed by atoms with E-state index >= 15 is 0 Å². The van der Waals surface area contributed by atoms with E-state index in [-0.39, 0.29) is 24.3 Å². The Hall–Kier alpha value is -0.350. The van der Waals surface area contributed by atoms with Gasteiger partial charge in [-0.05, 0) is 53.6 Å². The molecule has 0 bridgehead atoms. The van der Waals surface area contributed by atoms with Crippen LogP contribution in [0.25, 0.3) is 0 Å². The van der Waals surface area contributed by atoms with E-state index < -0.39 is 25.1 Å². The Morgan fingerprint density at radius 2 is 1.84 bits per heavy atom. The van der Waals surface area contributed by atoms with Gasteiger partial charge in [-0.25, -0.2) is 16.8 Å². The Labute approximate surface area is 126 Å². The van der Waals surface area contributed by atoms with Gasteiger partial charge in [0.05, 0.1) is 16.8 Å². The maximum atomic E-state index is 12.2. The highest BCUT2D eigenvalue weighted by atomic mass is 127. The third-order valence-electron chi connectivity index (χ3n) is 3.03. The molecule has 0 spiro atoms. The van der Waals surface area contributed by atoms with E-state index in [4.69, 9.17) is 0 Å². The highest BCUT2D eigenvalue weighted by molar-refractivity contribution is 14.1. The van der Waals surface area contributed by atoms with Crippen molar-refractivity contribution in [1.82, 2.24) is 0 Å². The van der Waals surface area contributed by atoms with E-state index in [2.05, 4.69) is 27.3 Å². The zero-order valence-corrected chi connectivity index (χ0v) is 13.8. The summed E-state index contributed by atoms with van der Waals surface area (Å²) in [5, 5.41) is -0.631. The highest BCUT2D eigenvalue weighted by Crippen LogP contribution is 2.22. The minimum Gasteiger partial charge on any atom is -0.283 e. The van der Waals surface area contributed by atoms with Gasteiger partial charge in [-0.2, -0.15) is 0 Å². The number of anilines is 1. The molecule has 0 amide bonds. The first-order chi connectivity index (χ1) is 8.78. The third-order valence-corrected chi connectivity index (χ3v) is 7.28. The first-order valence-corrected chi connectivity index (χ1v) is 10.2. The lowest BCUT2D eigenvalue weighted by atomic mass is 10.2. The largest absolute Gasteiger partial charge is 0.283 e. The molecule has 5 nitrogen and oxygen atoms in total. The van der Waals surface area contributed by atoms with Crippen molar-refractivity contribution >= 4 is 48.1 Å². The highest BCUT2D eigenvalue weighted by Gasteiger charge is 2.32. The van der Waals surface area contributed by atoms with E-state index in [0.717, 1.165) is 3.57 Å². The number of benzene rings is 1. The van der Waals surface area contributed by atoms with Gasteiger partial charge in [0.15, 0.2) is 0 Å². The van der Waals surface area contributed by atoms with Crippen molar-refractivity contribution in [3.05, 3.63) is 27.8 Å². The number of sulfonamides is 1. The molecule has 1 fully saturated rings. The minimum absolute atomic E-state index is 0.0507. The van der Waals surface area contributed by atoms with Gasteiger partial charge in [-0.15, -0.1) is 0 Å². The van der Waals surface area contributed by atoms with Crippen LogP contribution in [0.15, 0.2) is 24.3 Å². The Morgan fingerprint density at radius 3 is 2.42 bits per heavy atom. The predicted octanol–water partition coefficient (Wildman–Crippen LogP) is 1.61. The van der Waals surface area contributed by atoms with Crippen LogP contribution < -0.4 is 4.72 Å². The molecule has 1 N–H and O–H groups in total. The average Bonchev–Trinajstić information content (AvgIpc) is 2.27. The number of halogens is 1. The molecule has 0 aromatic heterocycles. The molecule has 0 atom stereocenters. The summed E-state index contributed by atoms with van der Waals surface area (Å²) in [6.45, 7) is 0. The monoisotopic (exact) mass is 415 g/mol. The van der Waals surface area contributed by atoms with Crippen LogP contribution in [0.3, 0.4) is 0 Å². The van der Waals surface area contributed by atoms with Gasteiger partial charge >= 0.3 is 0 Å². The molecule has 1 aliphatic rings. The van der Waals surface area contributed by atoms with E-state index in [1.165, 1.54) is 0 Å². The van der Waals surface area contributed by atoms with Gasteiger partial charge in [0, 0.05) is 9.26 Å². The molecule has 19 heavy (non-hydrogen) atoms. The number of hydrogen-bond donors (Lipinski definition) is 1. The Balaban J connectivity index is 2.11. The van der Waals surface area contributed by atoms with Crippen LogP contribution in [0.2, 0.25) is 0 Å². The van der Waals surface area contributed by atoms with Crippen LogP contribution >= 0.6 is 22.6 Å². The molecule has 1 heterocycles. The summed E-state index contributed by atoms with van der Waals surface area (Å²) < 4.78 is 50.4. The third kappa shape index (κ3) is 4.06. The van der Waals surface area contributed by atoms with Crippen molar-refractivity contribution in [1.29, 1.82) is 0 Å². The van der Waals surface area contributed by atoms with Gasteiger partial charge in [0.2, 0.25) is 10.0 Å². The van der Waals surface area contributed by atoms with Gasteiger partial charge in [0.1, 0.15) is 9.84 Å². The number of sulfone groups is 1. The first-order valence-electron chi connectivity index (χ1n) is 5.76. The molecule has 1 aromatic rings. The van der Waals surface area contributed by atoms with Gasteiger partial charge < -0.3 is 0 Å². The molecule has 0 unspecified atom stereocenters. The summed E-state index contributed by atoms with van der Waals surface area (Å²) in [4.78, 5) is 0. The molecule has 1 aliphatic heterocycles. The Morgan fingerprint density at radius 1 is 1.21 bits per heavy atom. The molecule has 0 aliphatic carbocycles. The summed E-state index contributed by atoms with van der Waals surface area (Å²) >= 11 is 2.10. The molecular weight excluding hydrogens is 401 g/mol. The Bertz CT molecular complexity index is 656. The number of nitrogens with one attached hydrogen (secondary N) is 1. The maximum absolute atomic E-state index is 12.2. The van der Waals surface area contributed by atoms with Crippen LogP contribution in [0.1, 0.15) is 12.8 Å². The van der Waals surface area contributed by atoms with E-state index in [1.807, 2.05) is 6.07 Å². The zero-order chi connectivity index (χ0) is 14.1. The fourth-order valence-corrected chi connectivity index (χ4v) is 5.79. The lowest BCUT2D eigenvalue weighted by Crippen LogP contribution is -2.36. The smallest absolute Gasteiger partial charge is 0.235 e. The second-order valence-electron chi connectivity index (χ2n) is 4.51. The van der Waals surface area contributed by atoms with Gasteiger partial charge in [-0.1, -0.05) is 6.07 Å². The molecule has 1 saturated heterocycles. The quantitative estimate of drug-likeness (QED) is 0.761. The lowest BCUT2D eigenvalue weighted by molar-refractivity contribution is 0.555. The Kier molecular flexibility index (Phi) is 4.41. The average molecular weight is 415 g/mol. The summed E-state index contributed by atoms with van der Waals surface area (Å²) in [5.41, 5.74) is 0.514. The van der Waals surface area contributed by atoms with Gasteiger partial charge in [-0.3, -0.25) is 4.72 Å².